The van der Waals surface area contributed by atoms with Crippen LogP contribution in [-0.2, 0) is 4.79 Å². The minimum absolute atomic E-state index is 0.0471. The number of anilines is 1. The molecule has 0 unspecified atom stereocenters. The molecule has 0 spiro atoms. The van der Waals surface area contributed by atoms with Crippen molar-refractivity contribution in [3.63, 3.8) is 0 Å². The smallest absolute Gasteiger partial charge is 0.223 e. The molecule has 4 rings (SSSR count). The minimum atomic E-state index is 0.0471. The topological polar surface area (TPSA) is 75.9 Å². The van der Waals surface area contributed by atoms with E-state index in [0.29, 0.717) is 5.02 Å². The fraction of sp³-hybridized carbons (Fsp3) is 0.455. The van der Waals surface area contributed by atoms with Crippen LogP contribution in [0.5, 0.6) is 0 Å². The number of rotatable bonds is 4. The van der Waals surface area contributed by atoms with Crippen LogP contribution in [-0.4, -0.2) is 45.0 Å². The highest BCUT2D eigenvalue weighted by Gasteiger charge is 2.28. The van der Waals surface area contributed by atoms with Crippen LogP contribution in [0.4, 0.5) is 5.82 Å². The lowest BCUT2D eigenvalue weighted by molar-refractivity contribution is -0.126. The van der Waals surface area contributed by atoms with Gasteiger partial charge < -0.3 is 10.2 Å². The van der Waals surface area contributed by atoms with Crippen LogP contribution in [0, 0.1) is 19.8 Å². The van der Waals surface area contributed by atoms with Gasteiger partial charge in [-0.2, -0.15) is 10.2 Å². The number of carbonyl (C=O) groups is 1. The summed E-state index contributed by atoms with van der Waals surface area (Å²) in [7, 11) is 0. The maximum Gasteiger partial charge on any atom is 0.223 e. The molecule has 30 heavy (non-hydrogen) atoms. The Hall–Kier alpha value is -2.67. The van der Waals surface area contributed by atoms with E-state index in [1.807, 2.05) is 56.6 Å². The number of nitrogens with one attached hydrogen (secondary N) is 1. The first-order valence-corrected chi connectivity index (χ1v) is 10.8. The van der Waals surface area contributed by atoms with E-state index in [2.05, 4.69) is 20.4 Å². The van der Waals surface area contributed by atoms with Gasteiger partial charge in [-0.15, -0.1) is 5.10 Å². The molecule has 3 aromatic rings. The Morgan fingerprint density at radius 3 is 2.43 bits per heavy atom. The number of aryl methyl sites for hydroxylation is 2. The van der Waals surface area contributed by atoms with Gasteiger partial charge in [-0.05, 0) is 64.8 Å². The third-order valence-electron chi connectivity index (χ3n) is 5.65. The highest BCUT2D eigenvalue weighted by Crippen LogP contribution is 2.31. The lowest BCUT2D eigenvalue weighted by Gasteiger charge is -2.32. The molecule has 1 N–H and O–H groups in total. The zero-order chi connectivity index (χ0) is 21.4. The molecule has 2 aromatic heterocycles. The van der Waals surface area contributed by atoms with Crippen LogP contribution in [0.3, 0.4) is 0 Å². The van der Waals surface area contributed by atoms with Crippen LogP contribution >= 0.6 is 11.6 Å². The summed E-state index contributed by atoms with van der Waals surface area (Å²) >= 11 is 6.05. The molecule has 0 bridgehead atoms. The van der Waals surface area contributed by atoms with Gasteiger partial charge in [-0.25, -0.2) is 4.68 Å². The van der Waals surface area contributed by atoms with Crippen molar-refractivity contribution in [1.82, 2.24) is 25.3 Å². The average Bonchev–Trinajstić information content (AvgIpc) is 3.07. The summed E-state index contributed by atoms with van der Waals surface area (Å²) in [5, 5.41) is 18.5. The Labute approximate surface area is 181 Å². The number of amides is 1. The molecule has 7 nitrogen and oxygen atoms in total. The number of benzene rings is 1. The summed E-state index contributed by atoms with van der Waals surface area (Å²) in [6.07, 6.45) is 1.60. The predicted molar refractivity (Wildman–Crippen MR) is 119 cm³/mol. The number of fused-ring (bicyclic) bond motifs is 1. The third-order valence-corrected chi connectivity index (χ3v) is 5.90. The van der Waals surface area contributed by atoms with Crippen LogP contribution in [0.2, 0.25) is 5.02 Å². The van der Waals surface area contributed by atoms with E-state index < -0.39 is 0 Å². The summed E-state index contributed by atoms with van der Waals surface area (Å²) < 4.78 is 1.92. The summed E-state index contributed by atoms with van der Waals surface area (Å²) in [5.74, 6) is 0.979. The van der Waals surface area contributed by atoms with E-state index >= 15 is 0 Å². The molecule has 1 saturated heterocycles. The standard InChI is InChI=1S/C22H27ClN6O/c1-13(2)24-22(30)16-9-11-28(12-10-16)21-20-19(14(3)25-26-21)15(4)29(27-20)18-7-5-17(23)6-8-18/h5-8,13,16H,9-12H2,1-4H3,(H,24,30). The summed E-state index contributed by atoms with van der Waals surface area (Å²) in [4.78, 5) is 14.6. The van der Waals surface area contributed by atoms with Gasteiger partial charge in [-0.3, -0.25) is 4.79 Å². The van der Waals surface area contributed by atoms with Crippen molar-refractivity contribution in [3.05, 3.63) is 40.7 Å². The van der Waals surface area contributed by atoms with E-state index in [1.54, 1.807) is 0 Å². The Morgan fingerprint density at radius 2 is 1.80 bits per heavy atom. The number of piperidine rings is 1. The summed E-state index contributed by atoms with van der Waals surface area (Å²) in [6, 6.07) is 7.80. The number of aromatic nitrogens is 4. The Balaban J connectivity index is 1.64. The molecule has 1 aliphatic rings. The molecule has 3 heterocycles. The summed E-state index contributed by atoms with van der Waals surface area (Å²) in [6.45, 7) is 9.51. The molecule has 1 aliphatic heterocycles. The number of halogens is 1. The van der Waals surface area contributed by atoms with Gasteiger partial charge in [0.25, 0.3) is 0 Å². The molecular weight excluding hydrogens is 400 g/mol. The van der Waals surface area contributed by atoms with Gasteiger partial charge in [0.1, 0.15) is 5.52 Å². The van der Waals surface area contributed by atoms with Crippen molar-refractivity contribution in [2.24, 2.45) is 5.92 Å². The Morgan fingerprint density at radius 1 is 1.13 bits per heavy atom. The van der Waals surface area contributed by atoms with E-state index in [1.165, 1.54) is 0 Å². The van der Waals surface area contributed by atoms with Crippen LogP contribution in [0.25, 0.3) is 16.6 Å². The third kappa shape index (κ3) is 3.86. The highest BCUT2D eigenvalue weighted by atomic mass is 35.5. The molecular formula is C22H27ClN6O. The van der Waals surface area contributed by atoms with Crippen molar-refractivity contribution < 1.29 is 4.79 Å². The quantitative estimate of drug-likeness (QED) is 0.686. The van der Waals surface area contributed by atoms with E-state index in [-0.39, 0.29) is 17.9 Å². The van der Waals surface area contributed by atoms with E-state index in [9.17, 15) is 4.79 Å². The van der Waals surface area contributed by atoms with E-state index in [4.69, 9.17) is 16.7 Å². The van der Waals surface area contributed by atoms with Crippen LogP contribution in [0.1, 0.15) is 38.1 Å². The van der Waals surface area contributed by atoms with Gasteiger partial charge in [0.2, 0.25) is 5.91 Å². The maximum absolute atomic E-state index is 12.4. The molecule has 158 valence electrons. The zero-order valence-electron chi connectivity index (χ0n) is 17.8. The maximum atomic E-state index is 12.4. The lowest BCUT2D eigenvalue weighted by Crippen LogP contribution is -2.42. The van der Waals surface area contributed by atoms with Crippen molar-refractivity contribution in [3.8, 4) is 5.69 Å². The number of hydrogen-bond acceptors (Lipinski definition) is 5. The second-order valence-electron chi connectivity index (χ2n) is 8.23. The summed E-state index contributed by atoms with van der Waals surface area (Å²) in [5.41, 5.74) is 3.67. The molecule has 1 fully saturated rings. The van der Waals surface area contributed by atoms with Crippen molar-refractivity contribution >= 4 is 34.2 Å². The largest absolute Gasteiger partial charge is 0.354 e. The van der Waals surface area contributed by atoms with Crippen molar-refractivity contribution in [2.75, 3.05) is 18.0 Å². The van der Waals surface area contributed by atoms with Crippen molar-refractivity contribution in [1.29, 1.82) is 0 Å². The molecule has 0 aliphatic carbocycles. The second-order valence-corrected chi connectivity index (χ2v) is 8.67. The normalized spacial score (nSPS) is 15.2. The second kappa shape index (κ2) is 8.22. The zero-order valence-corrected chi connectivity index (χ0v) is 18.6. The monoisotopic (exact) mass is 426 g/mol. The van der Waals surface area contributed by atoms with Gasteiger partial charge in [0, 0.05) is 30.1 Å². The van der Waals surface area contributed by atoms with Crippen molar-refractivity contribution in [2.45, 2.75) is 46.6 Å². The fourth-order valence-corrected chi connectivity index (χ4v) is 4.24. The van der Waals surface area contributed by atoms with Gasteiger partial charge in [-0.1, -0.05) is 11.6 Å². The molecule has 0 radical (unpaired) electrons. The average molecular weight is 427 g/mol. The molecule has 0 saturated carbocycles. The van der Waals surface area contributed by atoms with Gasteiger partial charge in [0.15, 0.2) is 5.82 Å². The van der Waals surface area contributed by atoms with E-state index in [0.717, 1.165) is 59.7 Å². The van der Waals surface area contributed by atoms with Crippen LogP contribution < -0.4 is 10.2 Å². The molecule has 0 atom stereocenters. The van der Waals surface area contributed by atoms with Gasteiger partial charge >= 0.3 is 0 Å². The fourth-order valence-electron chi connectivity index (χ4n) is 4.11. The Kier molecular flexibility index (Phi) is 5.64. The molecule has 1 aromatic carbocycles. The molecule has 1 amide bonds. The lowest BCUT2D eigenvalue weighted by atomic mass is 9.95. The van der Waals surface area contributed by atoms with Crippen LogP contribution in [0.15, 0.2) is 24.3 Å². The molecule has 8 heteroatoms. The Bertz CT molecular complexity index is 1070. The predicted octanol–water partition coefficient (Wildman–Crippen LogP) is 3.83. The number of carbonyl (C=O) groups excluding carboxylic acids is 1. The highest BCUT2D eigenvalue weighted by molar-refractivity contribution is 6.30. The minimum Gasteiger partial charge on any atom is -0.354 e. The first-order valence-electron chi connectivity index (χ1n) is 10.4. The number of hydrogen-bond donors (Lipinski definition) is 1. The SMILES string of the molecule is Cc1nnc(N2CCC(C(=O)NC(C)C)CC2)c2nn(-c3ccc(Cl)cc3)c(C)c12. The van der Waals surface area contributed by atoms with Gasteiger partial charge in [0.05, 0.1) is 22.5 Å². The first-order chi connectivity index (χ1) is 14.3. The number of nitrogens with zero attached hydrogens (tertiary/aromatic N) is 5. The first kappa shape index (κ1) is 20.6.